The van der Waals surface area contributed by atoms with Crippen molar-refractivity contribution in [2.24, 2.45) is 17.4 Å². The predicted octanol–water partition coefficient (Wildman–Crippen LogP) is 0.963. The topological polar surface area (TPSA) is 422 Å². The van der Waals surface area contributed by atoms with Crippen molar-refractivity contribution < 1.29 is 81.8 Å². The van der Waals surface area contributed by atoms with Gasteiger partial charge in [0.2, 0.25) is 35.4 Å². The van der Waals surface area contributed by atoms with Gasteiger partial charge in [-0.1, -0.05) is 69.3 Å². The second-order valence-corrected chi connectivity index (χ2v) is 24.5. The molecule has 0 bridgehead atoms. The number of aryl methyl sites for hydroxylation is 1. The Kier molecular flexibility index (Phi) is 20.4. The second-order valence-electron chi connectivity index (χ2n) is 24.5. The molecule has 0 unspecified atom stereocenters. The molecule has 2 aromatic heterocycles. The molecule has 9 atom stereocenters. The van der Waals surface area contributed by atoms with Crippen LogP contribution in [0.25, 0.3) is 33.4 Å². The number of alkyl carbamates (subject to hydrolysis) is 1. The summed E-state index contributed by atoms with van der Waals surface area (Å²) < 4.78 is 39.2. The third-order valence-electron chi connectivity index (χ3n) is 18.1. The lowest BCUT2D eigenvalue weighted by molar-refractivity contribution is -0.172. The molecule has 0 spiro atoms. The van der Waals surface area contributed by atoms with Crippen molar-refractivity contribution >= 4 is 64.4 Å². The molecule has 0 radical (unpaired) electrons. The van der Waals surface area contributed by atoms with E-state index in [0.717, 1.165) is 22.3 Å². The van der Waals surface area contributed by atoms with E-state index in [1.54, 1.807) is 33.8 Å². The van der Waals surface area contributed by atoms with Crippen molar-refractivity contribution in [1.82, 2.24) is 46.8 Å². The van der Waals surface area contributed by atoms with E-state index in [4.69, 9.17) is 35.4 Å². The first-order chi connectivity index (χ1) is 44.9. The monoisotopic (exact) mass is 1300 g/mol. The number of cyclic esters (lactones) is 1. The highest BCUT2D eigenvalue weighted by Gasteiger charge is 2.47. The molecule has 29 heteroatoms. The van der Waals surface area contributed by atoms with E-state index in [1.807, 2.05) is 48.5 Å². The first-order valence-electron chi connectivity index (χ1n) is 31.2. The predicted molar refractivity (Wildman–Crippen MR) is 332 cm³/mol. The summed E-state index contributed by atoms with van der Waals surface area (Å²) in [4.78, 5) is 139. The number of nitrogens with two attached hydrogens (primary N) is 2. The van der Waals surface area contributed by atoms with Crippen LogP contribution in [0.1, 0.15) is 122 Å². The Morgan fingerprint density at radius 1 is 0.840 bits per heavy atom. The number of nitrogens with one attached hydrogen (secondary N) is 7. The highest BCUT2D eigenvalue weighted by atomic mass is 19.1. The summed E-state index contributed by atoms with van der Waals surface area (Å²) in [6, 6.07) is 12.3. The Balaban J connectivity index is 0.794. The van der Waals surface area contributed by atoms with Crippen LogP contribution in [-0.2, 0) is 77.7 Å². The molecule has 3 aliphatic heterocycles. The number of aromatic nitrogens is 2. The van der Waals surface area contributed by atoms with E-state index < -0.39 is 145 Å². The van der Waals surface area contributed by atoms with Gasteiger partial charge in [-0.2, -0.15) is 0 Å². The summed E-state index contributed by atoms with van der Waals surface area (Å²) >= 11 is 0. The maximum absolute atomic E-state index is 15.6. The summed E-state index contributed by atoms with van der Waals surface area (Å²) in [6.45, 7) is 4.52. The quantitative estimate of drug-likeness (QED) is 0.0204. The van der Waals surface area contributed by atoms with E-state index in [2.05, 4.69) is 37.2 Å². The molecular formula is C65H76FN11O17. The number of benzene rings is 3. The molecular weight excluding hydrogens is 1230 g/mol. The minimum atomic E-state index is -2.09. The Labute approximate surface area is 537 Å². The average Bonchev–Trinajstić information content (AvgIpc) is 1.36. The van der Waals surface area contributed by atoms with Crippen LogP contribution in [-0.4, -0.2) is 154 Å². The lowest BCUT2D eigenvalue weighted by atomic mass is 9.81. The zero-order valence-corrected chi connectivity index (χ0v) is 52.1. The van der Waals surface area contributed by atoms with E-state index >= 15 is 4.39 Å². The van der Waals surface area contributed by atoms with Gasteiger partial charge in [-0.3, -0.25) is 33.6 Å². The molecule has 5 heterocycles. The molecule has 0 saturated carbocycles. The fourth-order valence-corrected chi connectivity index (χ4v) is 13.2. The molecule has 1 fully saturated rings. The van der Waals surface area contributed by atoms with Gasteiger partial charge < -0.3 is 87.5 Å². The molecule has 10 rings (SSSR count). The van der Waals surface area contributed by atoms with Gasteiger partial charge in [-0.15, -0.1) is 0 Å². The minimum absolute atomic E-state index is 0.00344. The van der Waals surface area contributed by atoms with Gasteiger partial charge in [-0.05, 0) is 96.4 Å². The van der Waals surface area contributed by atoms with Crippen LogP contribution in [0.15, 0.2) is 65.5 Å². The zero-order chi connectivity index (χ0) is 67.4. The number of fused-ring (bicyclic) bond motifs is 8. The molecule has 5 aliphatic rings. The number of urea groups is 1. The number of pyridine rings is 2. The summed E-state index contributed by atoms with van der Waals surface area (Å²) in [7, 11) is 0. The normalized spacial score (nSPS) is 20.6. The van der Waals surface area contributed by atoms with E-state index in [0.29, 0.717) is 51.9 Å². The van der Waals surface area contributed by atoms with Crippen LogP contribution in [0, 0.1) is 18.7 Å². The molecule has 500 valence electrons. The number of primary amides is 2. The smallest absolute Gasteiger partial charge is 0.407 e. The molecule has 28 nitrogen and oxygen atoms in total. The van der Waals surface area contributed by atoms with Crippen molar-refractivity contribution in [3.05, 3.63) is 121 Å². The van der Waals surface area contributed by atoms with E-state index in [1.165, 1.54) is 10.6 Å². The Morgan fingerprint density at radius 3 is 2.21 bits per heavy atom. The molecule has 14 N–H and O–H groups in total. The third-order valence-corrected chi connectivity index (χ3v) is 18.1. The largest absolute Gasteiger partial charge is 0.458 e. The number of hydrogen-bond acceptors (Lipinski definition) is 18. The first-order valence-corrected chi connectivity index (χ1v) is 31.2. The van der Waals surface area contributed by atoms with Gasteiger partial charge in [0.05, 0.1) is 47.6 Å². The number of hydrogen-bond donors (Lipinski definition) is 12. The van der Waals surface area contributed by atoms with Crippen LogP contribution in [0.3, 0.4) is 0 Å². The van der Waals surface area contributed by atoms with Crippen LogP contribution >= 0.6 is 0 Å². The maximum Gasteiger partial charge on any atom is 0.407 e. The number of esters is 1. The van der Waals surface area contributed by atoms with Crippen LogP contribution < -0.4 is 54.2 Å². The third kappa shape index (κ3) is 13.9. The second kappa shape index (κ2) is 28.4. The summed E-state index contributed by atoms with van der Waals surface area (Å²) in [5.74, 6) is -7.04. The average molecular weight is 1300 g/mol. The number of nitrogens with zero attached hydrogens (tertiary/aromatic N) is 2. The molecule has 2 aliphatic carbocycles. The van der Waals surface area contributed by atoms with Gasteiger partial charge in [-0.25, -0.2) is 23.8 Å². The highest BCUT2D eigenvalue weighted by molar-refractivity contribution is 5.96. The Morgan fingerprint density at radius 2 is 1.53 bits per heavy atom. The van der Waals surface area contributed by atoms with Crippen molar-refractivity contribution in [2.45, 2.75) is 152 Å². The molecule has 3 aromatic carbocycles. The van der Waals surface area contributed by atoms with Crippen LogP contribution in [0.5, 0.6) is 0 Å². The fraction of sp³-hybridized carbons (Fsp3) is 0.462. The fourth-order valence-electron chi connectivity index (χ4n) is 13.2. The number of aliphatic hydroxyl groups excluding tert-OH is 2. The summed E-state index contributed by atoms with van der Waals surface area (Å²) in [5.41, 5.74) is 15.0. The molecule has 9 amide bonds. The lowest BCUT2D eigenvalue weighted by Crippen LogP contribution is -2.58. The van der Waals surface area contributed by atoms with Crippen LogP contribution in [0.4, 0.5) is 14.0 Å². The maximum atomic E-state index is 15.6. The van der Waals surface area contributed by atoms with Crippen molar-refractivity contribution in [3.63, 3.8) is 0 Å². The number of amides is 9. The van der Waals surface area contributed by atoms with Gasteiger partial charge >= 0.3 is 18.1 Å². The Hall–Kier alpha value is -9.42. The summed E-state index contributed by atoms with van der Waals surface area (Å²) in [6.07, 6.45) is -6.76. The van der Waals surface area contributed by atoms with Crippen molar-refractivity contribution in [3.8, 4) is 22.5 Å². The van der Waals surface area contributed by atoms with Crippen molar-refractivity contribution in [1.29, 1.82) is 0 Å². The van der Waals surface area contributed by atoms with Crippen molar-refractivity contribution in [2.75, 3.05) is 33.0 Å². The van der Waals surface area contributed by atoms with E-state index in [-0.39, 0.29) is 87.5 Å². The lowest BCUT2D eigenvalue weighted by Gasteiger charge is -2.31. The van der Waals surface area contributed by atoms with E-state index in [9.17, 15) is 63.3 Å². The molecule has 5 aromatic rings. The zero-order valence-electron chi connectivity index (χ0n) is 52.1. The molecule has 94 heavy (non-hydrogen) atoms. The van der Waals surface area contributed by atoms with Crippen LogP contribution in [0.2, 0.25) is 0 Å². The van der Waals surface area contributed by atoms with Gasteiger partial charge in [0, 0.05) is 48.0 Å². The standard InChI is InChI=1S/C65H76FN11O17/c1-5-65(90)40-21-46-55-37(25-77(46)61(86)39(40)27-92-62(65)87)53-42(17-16-32-31(4)41(66)22-45(73-55)52(32)53)72-51(80)28-91-29-71-58(83)43(15-10-20-69-63(68)88)74-60(85)54(30(2)3)76-59(84)44(18-19-50(79)70-24-48-57(82)56(81)47(94-48)23-49(67)78)75-64(89)93-26-38-35-13-8-6-11-33(35)34-12-7-9-14-36(34)38/h6-9,11-14,21-22,30,38,42-44,47-48,54,56-57,81-82,90H,5,10,15-20,23-29H2,1-4H3,(H2,67,78)(H,70,79)(H,71,83)(H,72,80)(H,74,85)(H,75,89)(H,76,84)(H3,68,69,88)/t42-,43-,44-,47-,48+,54-,56-,57+,65-/m0/s1. The number of carbonyl (C=O) groups excluding carboxylic acids is 9. The number of ether oxygens (including phenoxy) is 4. The number of rotatable bonds is 26. The number of aliphatic hydroxyl groups is 3. The number of carbonyl (C=O) groups is 9. The summed E-state index contributed by atoms with van der Waals surface area (Å²) in [5, 5.41) is 51.4. The van der Waals surface area contributed by atoms with Gasteiger partial charge in [0.1, 0.15) is 68.8 Å². The van der Waals surface area contributed by atoms with Gasteiger partial charge in [0.25, 0.3) is 5.56 Å². The highest BCUT2D eigenvalue weighted by Crippen LogP contribution is 2.47. The SMILES string of the molecule is CC[C@@]1(O)C(=O)OCc2c1cc1n(c2=O)Cc2c-1nc1cc(F)c(C)c3c1c2[C@@H](NC(=O)COCNC(=O)[C@H](CCCNC(N)=O)NC(=O)[C@@H](NC(=O)[C@H](CCC(=O)NC[C@H]1O[C@@H](CC(N)=O)[C@H](O)[C@@H]1O)NC(=O)OCC1c2ccccc2-c2ccccc21)C(C)C)CC3. The Bertz CT molecular complexity index is 3870. The minimum Gasteiger partial charge on any atom is -0.458 e. The molecule has 1 saturated heterocycles. The first kappa shape index (κ1) is 67.5. The number of halogens is 1. The van der Waals surface area contributed by atoms with Gasteiger partial charge in [0.15, 0.2) is 5.60 Å².